The number of ketones is 2. The molecule has 2 atom stereocenters. The number of phenolic OH excluding ortho intramolecular Hbond substituents is 3. The van der Waals surface area contributed by atoms with Crippen LogP contribution in [0.25, 0.3) is 0 Å². The molecule has 0 amide bonds. The van der Waals surface area contributed by atoms with Crippen LogP contribution < -0.4 is 0 Å². The number of aromatic hydroxyl groups is 4. The lowest BCUT2D eigenvalue weighted by atomic mass is 9.63. The van der Waals surface area contributed by atoms with E-state index in [9.17, 15) is 49.8 Å². The number of rotatable bonds is 3. The molecule has 2 unspecified atom stereocenters. The van der Waals surface area contributed by atoms with E-state index in [-0.39, 0.29) is 50.1 Å². The zero-order valence-electron chi connectivity index (χ0n) is 20.2. The largest absolute Gasteiger partial charge is 0.507 e. The number of hydrogen-bond donors (Lipinski definition) is 6. The smallest absolute Gasteiger partial charge is 0.339 e. The van der Waals surface area contributed by atoms with Crippen molar-refractivity contribution in [3.63, 3.8) is 0 Å². The molecule has 10 heteroatoms. The molecule has 0 saturated heterocycles. The highest BCUT2D eigenvalue weighted by Gasteiger charge is 2.46. The minimum atomic E-state index is -1.49. The number of phenols is 4. The maximum atomic E-state index is 13.6. The molecule has 0 radical (unpaired) electrons. The lowest BCUT2D eigenvalue weighted by molar-refractivity contribution is 0.0683. The van der Waals surface area contributed by atoms with Gasteiger partial charge in [-0.1, -0.05) is 30.3 Å². The van der Waals surface area contributed by atoms with Crippen LogP contribution in [-0.4, -0.2) is 54.1 Å². The second kappa shape index (κ2) is 8.43. The molecule has 10 nitrogen and oxygen atoms in total. The van der Waals surface area contributed by atoms with Crippen molar-refractivity contribution in [1.82, 2.24) is 0 Å². The topological polar surface area (TPSA) is 190 Å². The highest BCUT2D eigenvalue weighted by molar-refractivity contribution is 6.19. The van der Waals surface area contributed by atoms with Crippen LogP contribution in [0.15, 0.2) is 60.7 Å². The highest BCUT2D eigenvalue weighted by Crippen LogP contribution is 2.55. The van der Waals surface area contributed by atoms with Crippen LogP contribution in [0, 0.1) is 0 Å². The molecule has 0 saturated carbocycles. The van der Waals surface area contributed by atoms with Gasteiger partial charge in [0.05, 0.1) is 27.8 Å². The van der Waals surface area contributed by atoms with Crippen molar-refractivity contribution in [2.45, 2.75) is 11.8 Å². The van der Waals surface area contributed by atoms with Crippen molar-refractivity contribution in [3.05, 3.63) is 116 Å². The molecule has 0 heterocycles. The van der Waals surface area contributed by atoms with Crippen LogP contribution in [0.4, 0.5) is 0 Å². The SMILES string of the molecule is O=C(O)c1cc(O)c2c(c1)C(C1c3cccc(O)c3C(=O)c3c1ccc(C(=O)O)c3O)c1cccc(O)c1C2=O. The summed E-state index contributed by atoms with van der Waals surface area (Å²) in [5, 5.41) is 62.6. The molecule has 0 spiro atoms. The highest BCUT2D eigenvalue weighted by atomic mass is 16.4. The van der Waals surface area contributed by atoms with E-state index in [4.69, 9.17) is 0 Å². The number of carbonyl (C=O) groups excluding carboxylic acids is 2. The van der Waals surface area contributed by atoms with E-state index < -0.39 is 63.9 Å². The fourth-order valence-corrected chi connectivity index (χ4v) is 5.97. The minimum absolute atomic E-state index is 0.0712. The summed E-state index contributed by atoms with van der Waals surface area (Å²) in [6.45, 7) is 0. The van der Waals surface area contributed by atoms with Crippen LogP contribution in [0.2, 0.25) is 0 Å². The minimum Gasteiger partial charge on any atom is -0.507 e. The van der Waals surface area contributed by atoms with E-state index in [1.807, 2.05) is 0 Å². The van der Waals surface area contributed by atoms with Crippen LogP contribution in [0.1, 0.15) is 86.6 Å². The molecule has 6 N–H and O–H groups in total. The van der Waals surface area contributed by atoms with Crippen molar-refractivity contribution in [1.29, 1.82) is 0 Å². The monoisotopic (exact) mass is 538 g/mol. The molecular formula is C30H18O10. The summed E-state index contributed by atoms with van der Waals surface area (Å²) in [6.07, 6.45) is 0. The number of carboxylic acid groups (broad SMARTS) is 2. The molecule has 0 aliphatic heterocycles. The van der Waals surface area contributed by atoms with Crippen LogP contribution in [0.5, 0.6) is 23.0 Å². The Morgan fingerprint density at radius 3 is 1.60 bits per heavy atom. The Balaban J connectivity index is 1.77. The normalized spacial score (nSPS) is 16.9. The first-order chi connectivity index (χ1) is 19.0. The fourth-order valence-electron chi connectivity index (χ4n) is 5.97. The van der Waals surface area contributed by atoms with Crippen LogP contribution in [0.3, 0.4) is 0 Å². The van der Waals surface area contributed by atoms with Gasteiger partial charge in [-0.3, -0.25) is 9.59 Å². The first-order valence-electron chi connectivity index (χ1n) is 11.9. The lowest BCUT2D eigenvalue weighted by Gasteiger charge is -2.38. The van der Waals surface area contributed by atoms with Gasteiger partial charge in [0.2, 0.25) is 11.6 Å². The molecule has 198 valence electrons. The van der Waals surface area contributed by atoms with Crippen LogP contribution >= 0.6 is 0 Å². The summed E-state index contributed by atoms with van der Waals surface area (Å²) in [5.41, 5.74) is -1.17. The second-order valence-corrected chi connectivity index (χ2v) is 9.59. The van der Waals surface area contributed by atoms with Gasteiger partial charge in [0.1, 0.15) is 28.6 Å². The molecule has 0 aromatic heterocycles. The predicted molar refractivity (Wildman–Crippen MR) is 137 cm³/mol. The average Bonchev–Trinajstić information content (AvgIpc) is 2.89. The summed E-state index contributed by atoms with van der Waals surface area (Å²) < 4.78 is 0. The first kappa shape index (κ1) is 24.7. The van der Waals surface area contributed by atoms with Gasteiger partial charge >= 0.3 is 11.9 Å². The van der Waals surface area contributed by atoms with Gasteiger partial charge in [0.25, 0.3) is 0 Å². The molecule has 0 fully saturated rings. The second-order valence-electron chi connectivity index (χ2n) is 9.59. The maximum absolute atomic E-state index is 13.6. The summed E-state index contributed by atoms with van der Waals surface area (Å²) in [5.74, 6) is -8.80. The average molecular weight is 538 g/mol. The van der Waals surface area contributed by atoms with E-state index in [2.05, 4.69) is 0 Å². The molecular weight excluding hydrogens is 520 g/mol. The summed E-state index contributed by atoms with van der Waals surface area (Å²) in [4.78, 5) is 50.9. The van der Waals surface area contributed by atoms with E-state index >= 15 is 0 Å². The third-order valence-electron chi connectivity index (χ3n) is 7.57. The Hall–Kier alpha value is -5.64. The molecule has 2 aliphatic carbocycles. The maximum Gasteiger partial charge on any atom is 0.339 e. The summed E-state index contributed by atoms with van der Waals surface area (Å²) in [6, 6.07) is 13.2. The molecule has 4 aromatic carbocycles. The van der Waals surface area contributed by atoms with E-state index in [0.717, 1.165) is 12.1 Å². The summed E-state index contributed by atoms with van der Waals surface area (Å²) >= 11 is 0. The molecule has 0 bridgehead atoms. The zero-order chi connectivity index (χ0) is 28.6. The summed E-state index contributed by atoms with van der Waals surface area (Å²) in [7, 11) is 0. The van der Waals surface area contributed by atoms with Gasteiger partial charge in [0, 0.05) is 11.8 Å². The predicted octanol–water partition coefficient (Wildman–Crippen LogP) is 3.96. The van der Waals surface area contributed by atoms with Gasteiger partial charge in [-0.15, -0.1) is 0 Å². The Bertz CT molecular complexity index is 1850. The van der Waals surface area contributed by atoms with Gasteiger partial charge < -0.3 is 30.6 Å². The third-order valence-corrected chi connectivity index (χ3v) is 7.57. The Morgan fingerprint density at radius 2 is 1.05 bits per heavy atom. The van der Waals surface area contributed by atoms with Crippen molar-refractivity contribution in [3.8, 4) is 23.0 Å². The van der Waals surface area contributed by atoms with E-state index in [1.54, 1.807) is 6.07 Å². The third kappa shape index (κ3) is 3.22. The molecule has 4 aromatic rings. The number of carbonyl (C=O) groups is 4. The van der Waals surface area contributed by atoms with E-state index in [1.165, 1.54) is 42.5 Å². The molecule has 40 heavy (non-hydrogen) atoms. The van der Waals surface area contributed by atoms with Crippen molar-refractivity contribution < 1.29 is 49.8 Å². The van der Waals surface area contributed by atoms with Gasteiger partial charge in [-0.05, 0) is 52.6 Å². The number of carboxylic acids is 2. The van der Waals surface area contributed by atoms with Crippen molar-refractivity contribution >= 4 is 23.5 Å². The Labute approximate surface area is 224 Å². The van der Waals surface area contributed by atoms with Gasteiger partial charge in [-0.25, -0.2) is 9.59 Å². The van der Waals surface area contributed by atoms with Gasteiger partial charge in [-0.2, -0.15) is 0 Å². The number of aromatic carboxylic acids is 2. The van der Waals surface area contributed by atoms with Gasteiger partial charge in [0.15, 0.2) is 0 Å². The number of fused-ring (bicyclic) bond motifs is 4. The van der Waals surface area contributed by atoms with E-state index in [0.29, 0.717) is 0 Å². The zero-order valence-corrected chi connectivity index (χ0v) is 20.2. The Kier molecular flexibility index (Phi) is 5.20. The fraction of sp³-hybridized carbons (Fsp3) is 0.0667. The number of benzene rings is 4. The lowest BCUT2D eigenvalue weighted by Crippen LogP contribution is -2.30. The Morgan fingerprint density at radius 1 is 0.550 bits per heavy atom. The molecule has 2 aliphatic rings. The first-order valence-corrected chi connectivity index (χ1v) is 11.9. The van der Waals surface area contributed by atoms with Crippen LogP contribution in [-0.2, 0) is 0 Å². The van der Waals surface area contributed by atoms with Crippen molar-refractivity contribution in [2.24, 2.45) is 0 Å². The quantitative estimate of drug-likeness (QED) is 0.223. The standard InChI is InChI=1S/C30H18O10/c31-17-5-2-4-13-21(16-9-11(29(37)38)10-19(33)24(16)27(35)22(13)17)20-12-3-1-6-18(32)23(12)28(36)25-14(20)7-8-15(26(25)34)30(39)40/h1-10,20-21,31-34H,(H,37,38)(H,39,40). The molecule has 6 rings (SSSR count). The number of hydrogen-bond acceptors (Lipinski definition) is 8. The van der Waals surface area contributed by atoms with Crippen molar-refractivity contribution in [2.75, 3.05) is 0 Å².